The van der Waals surface area contributed by atoms with Crippen molar-refractivity contribution in [3.05, 3.63) is 99.9 Å². The molecule has 12 heteroatoms. The molecule has 214 valence electrons. The Morgan fingerprint density at radius 1 is 1.19 bits per heavy atom. The second-order valence-corrected chi connectivity index (χ2v) is 10.4. The highest BCUT2D eigenvalue weighted by Crippen LogP contribution is 2.43. The lowest BCUT2D eigenvalue weighted by Crippen LogP contribution is -2.26. The lowest BCUT2D eigenvalue weighted by molar-refractivity contribution is -0.138. The van der Waals surface area contributed by atoms with E-state index in [-0.39, 0.29) is 45.2 Å². The van der Waals surface area contributed by atoms with Crippen molar-refractivity contribution in [2.75, 3.05) is 12.9 Å². The average molecular weight is 592 g/mol. The molecule has 4 rings (SSSR count). The van der Waals surface area contributed by atoms with E-state index in [1.807, 2.05) is 32.0 Å². The van der Waals surface area contributed by atoms with Crippen molar-refractivity contribution in [3.63, 3.8) is 0 Å². The lowest BCUT2D eigenvalue weighted by atomic mass is 9.82. The number of ether oxygens (including phenoxy) is 2. The maximum absolute atomic E-state index is 14.0. The van der Waals surface area contributed by atoms with Crippen LogP contribution in [0.25, 0.3) is 11.3 Å². The third-order valence-electron chi connectivity index (χ3n) is 6.54. The Hall–Kier alpha value is -4.81. The fourth-order valence-corrected chi connectivity index (χ4v) is 5.36. The summed E-state index contributed by atoms with van der Waals surface area (Å²) in [6.07, 6.45) is -2.02. The minimum atomic E-state index is -4.85. The number of hydrogen-bond donors (Lipinski definition) is 1. The Balaban J connectivity index is 1.83. The van der Waals surface area contributed by atoms with E-state index < -0.39 is 29.2 Å². The van der Waals surface area contributed by atoms with Gasteiger partial charge in [-0.2, -0.15) is 23.7 Å². The third-order valence-corrected chi connectivity index (χ3v) is 7.51. The van der Waals surface area contributed by atoms with Gasteiger partial charge in [0.05, 0.1) is 41.2 Å². The predicted octanol–water partition coefficient (Wildman–Crippen LogP) is 6.18. The van der Waals surface area contributed by atoms with Crippen molar-refractivity contribution in [1.82, 2.24) is 9.97 Å². The van der Waals surface area contributed by atoms with Gasteiger partial charge in [0, 0.05) is 18.0 Å². The highest BCUT2D eigenvalue weighted by Gasteiger charge is 2.39. The molecule has 0 aliphatic carbocycles. The molecule has 0 bridgehead atoms. The smallest absolute Gasteiger partial charge is 0.417 e. The Morgan fingerprint density at radius 3 is 2.45 bits per heavy atom. The first-order chi connectivity index (χ1) is 20.0. The van der Waals surface area contributed by atoms with Crippen molar-refractivity contribution >= 4 is 17.7 Å². The molecule has 1 aliphatic rings. The van der Waals surface area contributed by atoms with E-state index in [0.717, 1.165) is 30.5 Å². The van der Waals surface area contributed by atoms with Crippen molar-refractivity contribution in [2.45, 2.75) is 36.9 Å². The molecule has 2 aromatic heterocycles. The molecule has 0 radical (unpaired) electrons. The summed E-state index contributed by atoms with van der Waals surface area (Å²) in [4.78, 5) is 21.4. The van der Waals surface area contributed by atoms with Gasteiger partial charge in [-0.1, -0.05) is 49.9 Å². The molecule has 3 aromatic rings. The zero-order valence-corrected chi connectivity index (χ0v) is 23.5. The summed E-state index contributed by atoms with van der Waals surface area (Å²) in [5.41, 5.74) is 6.08. The molecule has 1 aromatic carbocycles. The molecule has 1 aliphatic heterocycles. The molecule has 1 atom stereocenters. The summed E-state index contributed by atoms with van der Waals surface area (Å²) >= 11 is 0.758. The van der Waals surface area contributed by atoms with Gasteiger partial charge in [-0.15, -0.1) is 0 Å². The van der Waals surface area contributed by atoms with Crippen molar-refractivity contribution in [3.8, 4) is 23.4 Å². The number of rotatable bonds is 7. The van der Waals surface area contributed by atoms with E-state index in [9.17, 15) is 28.5 Å². The molecule has 3 heterocycles. The van der Waals surface area contributed by atoms with Gasteiger partial charge < -0.3 is 15.2 Å². The molecule has 0 spiro atoms. The van der Waals surface area contributed by atoms with Crippen LogP contribution in [0.15, 0.2) is 82.7 Å². The number of nitrogens with two attached hydrogens (primary N) is 1. The third kappa shape index (κ3) is 6.09. The predicted molar refractivity (Wildman–Crippen MR) is 148 cm³/mol. The molecule has 42 heavy (non-hydrogen) atoms. The summed E-state index contributed by atoms with van der Waals surface area (Å²) in [7, 11) is 1.16. The van der Waals surface area contributed by atoms with Crippen LogP contribution in [-0.4, -0.2) is 28.8 Å². The second kappa shape index (κ2) is 12.4. The van der Waals surface area contributed by atoms with Crippen LogP contribution in [0.1, 0.15) is 47.9 Å². The zero-order valence-electron chi connectivity index (χ0n) is 22.7. The summed E-state index contributed by atoms with van der Waals surface area (Å²) in [6, 6.07) is 14.8. The molecule has 0 amide bonds. The fourth-order valence-electron chi connectivity index (χ4n) is 4.42. The van der Waals surface area contributed by atoms with E-state index in [2.05, 4.69) is 9.97 Å². The summed E-state index contributed by atoms with van der Waals surface area (Å²) < 4.78 is 52.8. The molecule has 0 saturated carbocycles. The standard InChI is InChI=1S/C30H24F3N5O3S/c1-16(2)17-6-8-18(9-7-17)25-21(13-35)27(36)41-24(26(25)29(39)40-3)15-42-28-20(12-34)22(30(31,32)33)11-23(38-28)19-5-4-10-37-14-19/h4-11,14,16,25H,15,36H2,1-3H3. The van der Waals surface area contributed by atoms with E-state index in [4.69, 9.17) is 15.2 Å². The number of pyridine rings is 2. The van der Waals surface area contributed by atoms with Gasteiger partial charge in [0.25, 0.3) is 0 Å². The first kappa shape index (κ1) is 30.2. The first-order valence-electron chi connectivity index (χ1n) is 12.5. The maximum atomic E-state index is 14.0. The number of hydrogen-bond acceptors (Lipinski definition) is 9. The monoisotopic (exact) mass is 591 g/mol. The zero-order chi connectivity index (χ0) is 30.6. The average Bonchev–Trinajstić information content (AvgIpc) is 2.98. The number of carbonyl (C=O) groups is 1. The van der Waals surface area contributed by atoms with Crippen LogP contribution < -0.4 is 5.73 Å². The molecular weight excluding hydrogens is 567 g/mol. The van der Waals surface area contributed by atoms with Gasteiger partial charge >= 0.3 is 12.1 Å². The van der Waals surface area contributed by atoms with Crippen molar-refractivity contribution in [2.24, 2.45) is 5.73 Å². The number of thioether (sulfide) groups is 1. The van der Waals surface area contributed by atoms with Crippen LogP contribution >= 0.6 is 11.8 Å². The van der Waals surface area contributed by atoms with E-state index >= 15 is 0 Å². The maximum Gasteiger partial charge on any atom is 0.417 e. The number of carbonyl (C=O) groups excluding carboxylic acids is 1. The SMILES string of the molecule is COC(=O)C1=C(CSc2nc(-c3cccnc3)cc(C(F)(F)F)c2C#N)OC(N)=C(C#N)C1c1ccc(C(C)C)cc1. The largest absolute Gasteiger partial charge is 0.466 e. The van der Waals surface area contributed by atoms with Gasteiger partial charge in [-0.05, 0) is 35.2 Å². The number of nitrogens with zero attached hydrogens (tertiary/aromatic N) is 4. The molecule has 8 nitrogen and oxygen atoms in total. The van der Waals surface area contributed by atoms with Gasteiger partial charge in [0.1, 0.15) is 28.5 Å². The molecule has 0 fully saturated rings. The number of halogens is 3. The number of alkyl halides is 3. The first-order valence-corrected chi connectivity index (χ1v) is 13.5. The number of esters is 1. The summed E-state index contributed by atoms with van der Waals surface area (Å²) in [5, 5.41) is 19.4. The van der Waals surface area contributed by atoms with Crippen LogP contribution in [0.2, 0.25) is 0 Å². The molecule has 0 saturated heterocycles. The number of aromatic nitrogens is 2. The topological polar surface area (TPSA) is 135 Å². The minimum absolute atomic E-state index is 0.0183. The van der Waals surface area contributed by atoms with Crippen LogP contribution in [0.4, 0.5) is 13.2 Å². The lowest BCUT2D eigenvalue weighted by Gasteiger charge is -2.28. The Bertz CT molecular complexity index is 1650. The van der Waals surface area contributed by atoms with Crippen LogP contribution in [-0.2, 0) is 20.4 Å². The van der Waals surface area contributed by atoms with Crippen LogP contribution in [0.5, 0.6) is 0 Å². The highest BCUT2D eigenvalue weighted by atomic mass is 32.2. The normalized spacial score (nSPS) is 15.2. The number of methoxy groups -OCH3 is 1. The number of nitriles is 2. The van der Waals surface area contributed by atoms with E-state index in [1.54, 1.807) is 30.3 Å². The number of allylic oxidation sites excluding steroid dienone is 1. The van der Waals surface area contributed by atoms with E-state index in [0.29, 0.717) is 11.1 Å². The van der Waals surface area contributed by atoms with Crippen molar-refractivity contribution < 1.29 is 27.4 Å². The Morgan fingerprint density at radius 2 is 1.90 bits per heavy atom. The van der Waals surface area contributed by atoms with E-state index in [1.165, 1.54) is 12.4 Å². The molecular formula is C30H24F3N5O3S. The Labute approximate surface area is 244 Å². The van der Waals surface area contributed by atoms with Gasteiger partial charge in [-0.25, -0.2) is 9.78 Å². The van der Waals surface area contributed by atoms with Gasteiger partial charge in [-0.3, -0.25) is 4.98 Å². The molecule has 2 N–H and O–H groups in total. The van der Waals surface area contributed by atoms with Crippen LogP contribution in [0.3, 0.4) is 0 Å². The van der Waals surface area contributed by atoms with Crippen molar-refractivity contribution in [1.29, 1.82) is 10.5 Å². The molecule has 1 unspecified atom stereocenters. The van der Waals surface area contributed by atoms with Gasteiger partial charge in [0.15, 0.2) is 0 Å². The summed E-state index contributed by atoms with van der Waals surface area (Å²) in [5.74, 6) is -2.07. The number of benzene rings is 1. The Kier molecular flexibility index (Phi) is 8.88. The van der Waals surface area contributed by atoms with Gasteiger partial charge in [0.2, 0.25) is 5.88 Å². The highest BCUT2D eigenvalue weighted by molar-refractivity contribution is 7.99. The second-order valence-electron chi connectivity index (χ2n) is 9.45. The summed E-state index contributed by atoms with van der Waals surface area (Å²) in [6.45, 7) is 4.04. The quantitative estimate of drug-likeness (QED) is 0.252. The minimum Gasteiger partial charge on any atom is -0.466 e. The van der Waals surface area contributed by atoms with Crippen LogP contribution in [0, 0.1) is 22.7 Å². The fraction of sp³-hybridized carbons (Fsp3) is 0.233.